The molecule has 7 heteroatoms. The van der Waals surface area contributed by atoms with Gasteiger partial charge in [-0.2, -0.15) is 0 Å². The number of carbonyl (C=O) groups excluding carboxylic acids is 2. The first-order valence-electron chi connectivity index (χ1n) is 10.9. The van der Waals surface area contributed by atoms with E-state index >= 15 is 0 Å². The van der Waals surface area contributed by atoms with Gasteiger partial charge in [0.2, 0.25) is 5.91 Å². The number of para-hydroxylation sites is 2. The Bertz CT molecular complexity index is 1020. The highest BCUT2D eigenvalue weighted by Gasteiger charge is 2.28. The second kappa shape index (κ2) is 10.0. The molecule has 0 atom stereocenters. The lowest BCUT2D eigenvalue weighted by Gasteiger charge is -2.31. The van der Waals surface area contributed by atoms with Crippen LogP contribution in [0.4, 0.5) is 0 Å². The molecule has 6 nitrogen and oxygen atoms in total. The summed E-state index contributed by atoms with van der Waals surface area (Å²) in [7, 11) is 0. The topological polar surface area (TPSA) is 78.1 Å². The summed E-state index contributed by atoms with van der Waals surface area (Å²) in [5.41, 5.74) is 3.70. The summed E-state index contributed by atoms with van der Waals surface area (Å²) in [6.07, 6.45) is 2.38. The number of benzene rings is 2. The van der Waals surface area contributed by atoms with Crippen LogP contribution in [0, 0.1) is 5.92 Å². The highest BCUT2D eigenvalue weighted by molar-refractivity contribution is 7.98. The minimum absolute atomic E-state index is 0.00878. The maximum atomic E-state index is 13.2. The molecule has 2 aromatic carbocycles. The van der Waals surface area contributed by atoms with Crippen molar-refractivity contribution in [1.29, 1.82) is 0 Å². The Morgan fingerprint density at radius 2 is 1.87 bits per heavy atom. The Hall–Kier alpha value is -2.80. The third-order valence-electron chi connectivity index (χ3n) is 5.68. The molecule has 2 amide bonds. The van der Waals surface area contributed by atoms with Crippen LogP contribution in [-0.2, 0) is 10.5 Å². The summed E-state index contributed by atoms with van der Waals surface area (Å²) >= 11 is 1.60. The lowest BCUT2D eigenvalue weighted by atomic mass is 9.95. The molecule has 0 unspecified atom stereocenters. The van der Waals surface area contributed by atoms with Crippen molar-refractivity contribution >= 4 is 34.6 Å². The van der Waals surface area contributed by atoms with E-state index in [1.54, 1.807) is 11.8 Å². The van der Waals surface area contributed by atoms with E-state index in [0.29, 0.717) is 25.4 Å². The Kier molecular flexibility index (Phi) is 6.92. The Morgan fingerprint density at radius 3 is 2.65 bits per heavy atom. The summed E-state index contributed by atoms with van der Waals surface area (Å²) in [5.74, 6) is 0.844. The lowest BCUT2D eigenvalue weighted by molar-refractivity contribution is -0.126. The summed E-state index contributed by atoms with van der Waals surface area (Å²) in [4.78, 5) is 35.3. The van der Waals surface area contributed by atoms with E-state index in [1.807, 2.05) is 60.4 Å². The van der Waals surface area contributed by atoms with Crippen molar-refractivity contribution < 1.29 is 9.59 Å². The number of hydrogen-bond donors (Lipinski definition) is 2. The molecule has 0 radical (unpaired) electrons. The molecule has 1 saturated heterocycles. The van der Waals surface area contributed by atoms with Gasteiger partial charge in [0.25, 0.3) is 5.91 Å². The van der Waals surface area contributed by atoms with Gasteiger partial charge in [-0.15, -0.1) is 0 Å². The van der Waals surface area contributed by atoms with Gasteiger partial charge in [-0.25, -0.2) is 4.98 Å². The third kappa shape index (κ3) is 5.10. The monoisotopic (exact) mass is 436 g/mol. The number of nitrogens with zero attached hydrogens (tertiary/aromatic N) is 2. The normalized spacial score (nSPS) is 14.7. The zero-order valence-electron chi connectivity index (χ0n) is 17.8. The second-order valence-electron chi connectivity index (χ2n) is 7.86. The van der Waals surface area contributed by atoms with E-state index in [-0.39, 0.29) is 17.7 Å². The predicted octanol–water partition coefficient (Wildman–Crippen LogP) is 4.23. The summed E-state index contributed by atoms with van der Waals surface area (Å²) < 4.78 is 0. The molecule has 0 saturated carbocycles. The molecular formula is C24H28N4O2S. The minimum Gasteiger partial charge on any atom is -0.356 e. The fourth-order valence-corrected chi connectivity index (χ4v) is 4.80. The number of H-pyrrole nitrogens is 1. The van der Waals surface area contributed by atoms with E-state index in [9.17, 15) is 9.59 Å². The van der Waals surface area contributed by atoms with Crippen LogP contribution < -0.4 is 5.32 Å². The number of amides is 2. The molecule has 1 aliphatic rings. The van der Waals surface area contributed by atoms with Crippen LogP contribution in [0.3, 0.4) is 0 Å². The maximum Gasteiger partial charge on any atom is 0.254 e. The number of hydrogen-bond acceptors (Lipinski definition) is 4. The molecule has 0 bridgehead atoms. The number of piperidine rings is 1. The average molecular weight is 437 g/mol. The van der Waals surface area contributed by atoms with Crippen LogP contribution in [0.2, 0.25) is 0 Å². The smallest absolute Gasteiger partial charge is 0.254 e. The van der Waals surface area contributed by atoms with Crippen molar-refractivity contribution in [2.24, 2.45) is 5.92 Å². The second-order valence-corrected chi connectivity index (χ2v) is 8.83. The number of likely N-dealkylation sites (tertiary alicyclic amines) is 1. The van der Waals surface area contributed by atoms with Crippen LogP contribution >= 0.6 is 11.8 Å². The summed E-state index contributed by atoms with van der Waals surface area (Å²) in [5, 5.41) is 3.82. The Labute approximate surface area is 186 Å². The average Bonchev–Trinajstić information content (AvgIpc) is 3.24. The van der Waals surface area contributed by atoms with Crippen molar-refractivity contribution in [1.82, 2.24) is 20.2 Å². The van der Waals surface area contributed by atoms with Gasteiger partial charge in [-0.1, -0.05) is 49.0 Å². The first kappa shape index (κ1) is 21.4. The van der Waals surface area contributed by atoms with Gasteiger partial charge in [-0.3, -0.25) is 9.59 Å². The van der Waals surface area contributed by atoms with Gasteiger partial charge in [-0.05, 0) is 43.0 Å². The zero-order valence-corrected chi connectivity index (χ0v) is 18.6. The summed E-state index contributed by atoms with van der Waals surface area (Å²) in [6.45, 7) is 4.00. The molecule has 162 valence electrons. The van der Waals surface area contributed by atoms with Crippen molar-refractivity contribution in [3.05, 3.63) is 59.7 Å². The van der Waals surface area contributed by atoms with Crippen molar-refractivity contribution in [2.45, 2.75) is 37.1 Å². The molecule has 1 aliphatic heterocycles. The molecule has 1 fully saturated rings. The predicted molar refractivity (Wildman–Crippen MR) is 124 cm³/mol. The number of carbonyl (C=O) groups is 2. The summed E-state index contributed by atoms with van der Waals surface area (Å²) in [6, 6.07) is 15.7. The molecule has 2 N–H and O–H groups in total. The SMILES string of the molecule is CCCNC(=O)C1CCN(C(=O)c2ccccc2CSc2nc3ccccc3[nH]2)CC1. The third-order valence-corrected chi connectivity index (χ3v) is 6.60. The first-order chi connectivity index (χ1) is 15.2. The largest absolute Gasteiger partial charge is 0.356 e. The van der Waals surface area contributed by atoms with Crippen LogP contribution in [-0.4, -0.2) is 46.3 Å². The van der Waals surface area contributed by atoms with Crippen LogP contribution in [0.25, 0.3) is 11.0 Å². The number of rotatable bonds is 7. The number of fused-ring (bicyclic) bond motifs is 1. The fraction of sp³-hybridized carbons (Fsp3) is 0.375. The van der Waals surface area contributed by atoms with Crippen molar-refractivity contribution in [3.8, 4) is 0 Å². The lowest BCUT2D eigenvalue weighted by Crippen LogP contribution is -2.43. The number of aromatic nitrogens is 2. The van der Waals surface area contributed by atoms with E-state index in [0.717, 1.165) is 46.6 Å². The quantitative estimate of drug-likeness (QED) is 0.543. The zero-order chi connectivity index (χ0) is 21.6. The van der Waals surface area contributed by atoms with E-state index in [1.165, 1.54) is 0 Å². The molecule has 0 spiro atoms. The van der Waals surface area contributed by atoms with Crippen LogP contribution in [0.5, 0.6) is 0 Å². The number of imidazole rings is 1. The molecular weight excluding hydrogens is 408 g/mol. The van der Waals surface area contributed by atoms with Gasteiger partial charge >= 0.3 is 0 Å². The standard InChI is InChI=1S/C24H28N4O2S/c1-2-13-25-22(29)17-11-14-28(15-12-17)23(30)19-8-4-3-7-18(19)16-31-24-26-20-9-5-6-10-21(20)27-24/h3-10,17H,2,11-16H2,1H3,(H,25,29)(H,26,27). The fourth-order valence-electron chi connectivity index (χ4n) is 3.91. The molecule has 2 heterocycles. The molecule has 0 aliphatic carbocycles. The van der Waals surface area contributed by atoms with Crippen molar-refractivity contribution in [3.63, 3.8) is 0 Å². The van der Waals surface area contributed by atoms with Gasteiger partial charge < -0.3 is 15.2 Å². The van der Waals surface area contributed by atoms with Gasteiger partial charge in [0.05, 0.1) is 11.0 Å². The van der Waals surface area contributed by atoms with Gasteiger partial charge in [0, 0.05) is 36.9 Å². The highest BCUT2D eigenvalue weighted by Crippen LogP contribution is 2.26. The molecule has 1 aromatic heterocycles. The Morgan fingerprint density at radius 1 is 1.13 bits per heavy atom. The number of thioether (sulfide) groups is 1. The number of aromatic amines is 1. The van der Waals surface area contributed by atoms with Crippen LogP contribution in [0.1, 0.15) is 42.1 Å². The van der Waals surface area contributed by atoms with Gasteiger partial charge in [0.1, 0.15) is 0 Å². The van der Waals surface area contributed by atoms with Crippen LogP contribution in [0.15, 0.2) is 53.7 Å². The maximum absolute atomic E-state index is 13.2. The molecule has 4 rings (SSSR count). The molecule has 31 heavy (non-hydrogen) atoms. The highest BCUT2D eigenvalue weighted by atomic mass is 32.2. The van der Waals surface area contributed by atoms with E-state index < -0.39 is 0 Å². The van der Waals surface area contributed by atoms with Crippen molar-refractivity contribution in [2.75, 3.05) is 19.6 Å². The number of nitrogens with one attached hydrogen (secondary N) is 2. The van der Waals surface area contributed by atoms with E-state index in [2.05, 4.69) is 15.3 Å². The van der Waals surface area contributed by atoms with E-state index in [4.69, 9.17) is 0 Å². The van der Waals surface area contributed by atoms with Gasteiger partial charge in [0.15, 0.2) is 5.16 Å². The minimum atomic E-state index is 0.00878. The molecule has 3 aromatic rings. The Balaban J connectivity index is 1.38. The first-order valence-corrected chi connectivity index (χ1v) is 11.9.